The highest BCUT2D eigenvalue weighted by atomic mass is 16.5. The van der Waals surface area contributed by atoms with Crippen molar-refractivity contribution in [1.29, 1.82) is 0 Å². The first kappa shape index (κ1) is 20.7. The SMILES string of the molecule is CCOC(=O)c1ccc(NC(=O)N2CCc3ccccc3[C@H]2c2ccc(C)cc2)cc1. The minimum absolute atomic E-state index is 0.149. The number of fused-ring (bicyclic) bond motifs is 1. The van der Waals surface area contributed by atoms with Crippen LogP contribution in [0.5, 0.6) is 0 Å². The monoisotopic (exact) mass is 414 g/mol. The Morgan fingerprint density at radius 3 is 2.42 bits per heavy atom. The lowest BCUT2D eigenvalue weighted by molar-refractivity contribution is 0.0526. The van der Waals surface area contributed by atoms with E-state index in [-0.39, 0.29) is 18.0 Å². The van der Waals surface area contributed by atoms with E-state index >= 15 is 0 Å². The first-order valence-corrected chi connectivity index (χ1v) is 10.6. The zero-order valence-corrected chi connectivity index (χ0v) is 17.8. The van der Waals surface area contributed by atoms with E-state index in [4.69, 9.17) is 4.74 Å². The Labute approximate surface area is 182 Å². The largest absolute Gasteiger partial charge is 0.462 e. The number of carbonyl (C=O) groups excluding carboxylic acids is 2. The summed E-state index contributed by atoms with van der Waals surface area (Å²) >= 11 is 0. The average molecular weight is 415 g/mol. The van der Waals surface area contributed by atoms with E-state index in [1.54, 1.807) is 31.2 Å². The van der Waals surface area contributed by atoms with Crippen LogP contribution < -0.4 is 5.32 Å². The average Bonchev–Trinajstić information content (AvgIpc) is 2.79. The quantitative estimate of drug-likeness (QED) is 0.586. The molecule has 3 aromatic rings. The standard InChI is InChI=1S/C26H26N2O3/c1-3-31-25(29)21-12-14-22(15-13-21)27-26(30)28-17-16-19-6-4-5-7-23(19)24(28)20-10-8-18(2)9-11-20/h4-15,24H,3,16-17H2,1-2H3,(H,27,30)/t24-/m1/s1. The summed E-state index contributed by atoms with van der Waals surface area (Å²) in [6.45, 7) is 4.78. The predicted molar refractivity (Wildman–Crippen MR) is 121 cm³/mol. The summed E-state index contributed by atoms with van der Waals surface area (Å²) in [5.74, 6) is -0.368. The fourth-order valence-corrected chi connectivity index (χ4v) is 3.99. The van der Waals surface area contributed by atoms with Crippen molar-refractivity contribution in [2.45, 2.75) is 26.3 Å². The molecule has 0 bridgehead atoms. The van der Waals surface area contributed by atoms with Crippen molar-refractivity contribution in [3.05, 3.63) is 101 Å². The van der Waals surface area contributed by atoms with Crippen molar-refractivity contribution in [2.24, 2.45) is 0 Å². The summed E-state index contributed by atoms with van der Waals surface area (Å²) in [5, 5.41) is 2.99. The molecule has 3 aromatic carbocycles. The maximum atomic E-state index is 13.3. The lowest BCUT2D eigenvalue weighted by Crippen LogP contribution is -2.43. The molecule has 0 aromatic heterocycles. The molecular weight excluding hydrogens is 388 g/mol. The predicted octanol–water partition coefficient (Wildman–Crippen LogP) is 5.35. The Balaban J connectivity index is 1.59. The molecule has 1 atom stereocenters. The summed E-state index contributed by atoms with van der Waals surface area (Å²) in [4.78, 5) is 27.0. The molecule has 5 heteroatoms. The van der Waals surface area contributed by atoms with Crippen LogP contribution in [0.1, 0.15) is 45.6 Å². The van der Waals surface area contributed by atoms with Gasteiger partial charge in [0.25, 0.3) is 0 Å². The van der Waals surface area contributed by atoms with Crippen molar-refractivity contribution in [1.82, 2.24) is 4.90 Å². The number of nitrogens with zero attached hydrogens (tertiary/aromatic N) is 1. The normalized spacial score (nSPS) is 15.2. The van der Waals surface area contributed by atoms with Gasteiger partial charge in [0.15, 0.2) is 0 Å². The fourth-order valence-electron chi connectivity index (χ4n) is 3.99. The highest BCUT2D eigenvalue weighted by Gasteiger charge is 2.32. The summed E-state index contributed by atoms with van der Waals surface area (Å²) in [7, 11) is 0. The molecule has 2 amide bonds. The van der Waals surface area contributed by atoms with Crippen molar-refractivity contribution in [3.63, 3.8) is 0 Å². The van der Waals surface area contributed by atoms with Crippen LogP contribution in [-0.4, -0.2) is 30.1 Å². The minimum atomic E-state index is -0.368. The molecule has 1 N–H and O–H groups in total. The smallest absolute Gasteiger partial charge is 0.338 e. The second-order valence-electron chi connectivity index (χ2n) is 7.68. The molecule has 1 heterocycles. The second kappa shape index (κ2) is 9.04. The number of hydrogen-bond donors (Lipinski definition) is 1. The van der Waals surface area contributed by atoms with Gasteiger partial charge in [-0.05, 0) is 61.2 Å². The first-order chi connectivity index (χ1) is 15.1. The van der Waals surface area contributed by atoms with E-state index in [1.807, 2.05) is 17.0 Å². The third kappa shape index (κ3) is 4.45. The molecule has 1 aliphatic rings. The van der Waals surface area contributed by atoms with Crippen LogP contribution in [0.4, 0.5) is 10.5 Å². The second-order valence-corrected chi connectivity index (χ2v) is 7.68. The van der Waals surface area contributed by atoms with Gasteiger partial charge in [-0.1, -0.05) is 54.1 Å². The number of benzene rings is 3. The first-order valence-electron chi connectivity index (χ1n) is 10.6. The Morgan fingerprint density at radius 2 is 1.71 bits per heavy atom. The van der Waals surface area contributed by atoms with E-state index in [9.17, 15) is 9.59 Å². The van der Waals surface area contributed by atoms with E-state index in [0.29, 0.717) is 24.4 Å². The maximum absolute atomic E-state index is 13.3. The van der Waals surface area contributed by atoms with Crippen LogP contribution >= 0.6 is 0 Å². The summed E-state index contributed by atoms with van der Waals surface area (Å²) < 4.78 is 5.01. The van der Waals surface area contributed by atoms with E-state index in [0.717, 1.165) is 17.5 Å². The van der Waals surface area contributed by atoms with Gasteiger partial charge in [-0.25, -0.2) is 9.59 Å². The van der Waals surface area contributed by atoms with Crippen molar-refractivity contribution < 1.29 is 14.3 Å². The highest BCUT2D eigenvalue weighted by molar-refractivity contribution is 5.92. The number of carbonyl (C=O) groups is 2. The molecular formula is C26H26N2O3. The van der Waals surface area contributed by atoms with Gasteiger partial charge in [-0.3, -0.25) is 0 Å². The van der Waals surface area contributed by atoms with Crippen molar-refractivity contribution in [2.75, 3.05) is 18.5 Å². The van der Waals surface area contributed by atoms with Gasteiger partial charge in [0.2, 0.25) is 0 Å². The number of nitrogens with one attached hydrogen (secondary N) is 1. The van der Waals surface area contributed by atoms with Crippen LogP contribution in [0.2, 0.25) is 0 Å². The molecule has 0 radical (unpaired) electrons. The molecule has 31 heavy (non-hydrogen) atoms. The topological polar surface area (TPSA) is 58.6 Å². The van der Waals surface area contributed by atoms with Gasteiger partial charge in [-0.15, -0.1) is 0 Å². The molecule has 0 spiro atoms. The zero-order valence-electron chi connectivity index (χ0n) is 17.8. The summed E-state index contributed by atoms with van der Waals surface area (Å²) in [6, 6.07) is 23.1. The minimum Gasteiger partial charge on any atom is -0.462 e. The Kier molecular flexibility index (Phi) is 6.03. The molecule has 1 aliphatic heterocycles. The van der Waals surface area contributed by atoms with Gasteiger partial charge in [-0.2, -0.15) is 0 Å². The molecule has 0 unspecified atom stereocenters. The zero-order chi connectivity index (χ0) is 21.8. The molecule has 0 saturated carbocycles. The Hall–Kier alpha value is -3.60. The molecule has 0 aliphatic carbocycles. The maximum Gasteiger partial charge on any atom is 0.338 e. The summed E-state index contributed by atoms with van der Waals surface area (Å²) in [5.41, 5.74) is 5.81. The van der Waals surface area contributed by atoms with Gasteiger partial charge >= 0.3 is 12.0 Å². The van der Waals surface area contributed by atoms with Gasteiger partial charge in [0, 0.05) is 12.2 Å². The van der Waals surface area contributed by atoms with Gasteiger partial charge in [0.1, 0.15) is 0 Å². The molecule has 5 nitrogen and oxygen atoms in total. The van der Waals surface area contributed by atoms with E-state index in [2.05, 4.69) is 48.6 Å². The number of rotatable bonds is 4. The Bertz CT molecular complexity index is 1070. The number of urea groups is 1. The number of aryl methyl sites for hydroxylation is 1. The van der Waals surface area contributed by atoms with Gasteiger partial charge < -0.3 is 15.0 Å². The van der Waals surface area contributed by atoms with Crippen LogP contribution in [0.3, 0.4) is 0 Å². The molecule has 0 saturated heterocycles. The number of amides is 2. The van der Waals surface area contributed by atoms with Crippen molar-refractivity contribution >= 4 is 17.7 Å². The van der Waals surface area contributed by atoms with Crippen LogP contribution in [-0.2, 0) is 11.2 Å². The third-order valence-corrected chi connectivity index (χ3v) is 5.58. The summed E-state index contributed by atoms with van der Waals surface area (Å²) in [6.07, 6.45) is 0.813. The number of hydrogen-bond acceptors (Lipinski definition) is 3. The van der Waals surface area contributed by atoms with E-state index in [1.165, 1.54) is 11.1 Å². The van der Waals surface area contributed by atoms with Crippen LogP contribution in [0.15, 0.2) is 72.8 Å². The molecule has 0 fully saturated rings. The highest BCUT2D eigenvalue weighted by Crippen LogP contribution is 2.35. The van der Waals surface area contributed by atoms with Gasteiger partial charge in [0.05, 0.1) is 18.2 Å². The van der Waals surface area contributed by atoms with Crippen molar-refractivity contribution in [3.8, 4) is 0 Å². The van der Waals surface area contributed by atoms with Crippen LogP contribution in [0, 0.1) is 6.92 Å². The number of anilines is 1. The van der Waals surface area contributed by atoms with Crippen LogP contribution in [0.25, 0.3) is 0 Å². The number of ether oxygens (including phenoxy) is 1. The lowest BCUT2D eigenvalue weighted by Gasteiger charge is -2.37. The Morgan fingerprint density at radius 1 is 1.00 bits per heavy atom. The lowest BCUT2D eigenvalue weighted by atomic mass is 9.88. The fraction of sp³-hybridized carbons (Fsp3) is 0.231. The molecule has 4 rings (SSSR count). The number of esters is 1. The third-order valence-electron chi connectivity index (χ3n) is 5.58. The molecule has 158 valence electrons. The van der Waals surface area contributed by atoms with E-state index < -0.39 is 0 Å².